The molecule has 90 valence electrons. The standard InChI is InChI=1S/C14H17NO2/c16-14(17)11-3-1-2-10(6-11)4-5-15-8-12-7-13(12)9-15/h1-3,6,12-13H,4-5,7-9H2,(H,16,17). The van der Waals surface area contributed by atoms with Gasteiger partial charge in [0.25, 0.3) is 0 Å². The molecule has 2 atom stereocenters. The fourth-order valence-corrected chi connectivity index (χ4v) is 2.82. The third-order valence-electron chi connectivity index (χ3n) is 3.95. The smallest absolute Gasteiger partial charge is 0.335 e. The van der Waals surface area contributed by atoms with Crippen molar-refractivity contribution in [3.05, 3.63) is 35.4 Å². The summed E-state index contributed by atoms with van der Waals surface area (Å²) in [6, 6.07) is 7.29. The van der Waals surface area contributed by atoms with E-state index in [4.69, 9.17) is 5.11 Å². The van der Waals surface area contributed by atoms with Crippen molar-refractivity contribution in [2.45, 2.75) is 12.8 Å². The molecule has 2 unspecified atom stereocenters. The summed E-state index contributed by atoms with van der Waals surface area (Å²) >= 11 is 0. The Morgan fingerprint density at radius 3 is 2.82 bits per heavy atom. The normalized spacial score (nSPS) is 26.8. The van der Waals surface area contributed by atoms with Crippen LogP contribution in [-0.4, -0.2) is 35.6 Å². The van der Waals surface area contributed by atoms with Crippen molar-refractivity contribution in [3.63, 3.8) is 0 Å². The van der Waals surface area contributed by atoms with Crippen LogP contribution < -0.4 is 0 Å². The molecule has 1 aliphatic carbocycles. The maximum absolute atomic E-state index is 10.9. The quantitative estimate of drug-likeness (QED) is 0.860. The molecule has 1 heterocycles. The molecule has 3 heteroatoms. The predicted octanol–water partition coefficient (Wildman–Crippen LogP) is 1.88. The van der Waals surface area contributed by atoms with Gasteiger partial charge in [-0.1, -0.05) is 12.1 Å². The average Bonchev–Trinajstić information content (AvgIpc) is 2.94. The number of carboxylic acid groups (broad SMARTS) is 1. The summed E-state index contributed by atoms with van der Waals surface area (Å²) in [5.74, 6) is 1.11. The van der Waals surface area contributed by atoms with Crippen molar-refractivity contribution in [1.29, 1.82) is 0 Å². The highest BCUT2D eigenvalue weighted by molar-refractivity contribution is 5.87. The number of hydrogen-bond acceptors (Lipinski definition) is 2. The summed E-state index contributed by atoms with van der Waals surface area (Å²) in [5.41, 5.74) is 1.53. The van der Waals surface area contributed by atoms with Crippen LogP contribution in [0.25, 0.3) is 0 Å². The van der Waals surface area contributed by atoms with Crippen molar-refractivity contribution < 1.29 is 9.90 Å². The molecule has 0 spiro atoms. The molecule has 1 aliphatic heterocycles. The number of hydrogen-bond donors (Lipinski definition) is 1. The van der Waals surface area contributed by atoms with E-state index in [1.165, 1.54) is 19.5 Å². The summed E-state index contributed by atoms with van der Waals surface area (Å²) in [6.45, 7) is 3.57. The fraction of sp³-hybridized carbons (Fsp3) is 0.500. The number of benzene rings is 1. The van der Waals surface area contributed by atoms with E-state index in [0.717, 1.165) is 30.4 Å². The Balaban J connectivity index is 1.57. The molecule has 0 bridgehead atoms. The predicted molar refractivity (Wildman–Crippen MR) is 65.1 cm³/mol. The summed E-state index contributed by atoms with van der Waals surface area (Å²) in [7, 11) is 0. The average molecular weight is 231 g/mol. The molecular weight excluding hydrogens is 214 g/mol. The molecule has 1 aromatic rings. The summed E-state index contributed by atoms with van der Waals surface area (Å²) in [4.78, 5) is 13.4. The molecule has 17 heavy (non-hydrogen) atoms. The van der Waals surface area contributed by atoms with Gasteiger partial charge in [-0.05, 0) is 42.4 Å². The Hall–Kier alpha value is -1.35. The van der Waals surface area contributed by atoms with Gasteiger partial charge in [-0.15, -0.1) is 0 Å². The number of rotatable bonds is 4. The van der Waals surface area contributed by atoms with Gasteiger partial charge in [0.1, 0.15) is 0 Å². The van der Waals surface area contributed by atoms with Crippen LogP contribution in [0, 0.1) is 11.8 Å². The monoisotopic (exact) mass is 231 g/mol. The Kier molecular flexibility index (Phi) is 2.63. The Bertz CT molecular complexity index is 434. The van der Waals surface area contributed by atoms with Gasteiger partial charge in [-0.2, -0.15) is 0 Å². The summed E-state index contributed by atoms with van der Waals surface area (Å²) < 4.78 is 0. The zero-order chi connectivity index (χ0) is 11.8. The van der Waals surface area contributed by atoms with Gasteiger partial charge in [0.15, 0.2) is 0 Å². The van der Waals surface area contributed by atoms with E-state index in [2.05, 4.69) is 4.90 Å². The molecule has 3 rings (SSSR count). The van der Waals surface area contributed by atoms with E-state index >= 15 is 0 Å². The van der Waals surface area contributed by atoms with Gasteiger partial charge in [0, 0.05) is 19.6 Å². The van der Waals surface area contributed by atoms with E-state index < -0.39 is 5.97 Å². The highest BCUT2D eigenvalue weighted by atomic mass is 16.4. The lowest BCUT2D eigenvalue weighted by molar-refractivity contribution is 0.0696. The summed E-state index contributed by atoms with van der Waals surface area (Å²) in [6.07, 6.45) is 2.39. The minimum absolute atomic E-state index is 0.395. The second-order valence-corrected chi connectivity index (χ2v) is 5.27. The number of nitrogens with zero attached hydrogens (tertiary/aromatic N) is 1. The van der Waals surface area contributed by atoms with Gasteiger partial charge < -0.3 is 10.0 Å². The maximum Gasteiger partial charge on any atom is 0.335 e. The number of aromatic carboxylic acids is 1. The van der Waals surface area contributed by atoms with Crippen LogP contribution in [0.3, 0.4) is 0 Å². The SMILES string of the molecule is O=C(O)c1cccc(CCN2CC3CC3C2)c1. The molecule has 0 amide bonds. The van der Waals surface area contributed by atoms with Crippen LogP contribution in [-0.2, 0) is 6.42 Å². The Morgan fingerprint density at radius 1 is 1.35 bits per heavy atom. The van der Waals surface area contributed by atoms with E-state index in [-0.39, 0.29) is 0 Å². The summed E-state index contributed by atoms with van der Waals surface area (Å²) in [5, 5.41) is 8.92. The van der Waals surface area contributed by atoms with Crippen molar-refractivity contribution in [1.82, 2.24) is 4.90 Å². The third-order valence-corrected chi connectivity index (χ3v) is 3.95. The van der Waals surface area contributed by atoms with Crippen molar-refractivity contribution in [2.24, 2.45) is 11.8 Å². The molecule has 1 saturated heterocycles. The van der Waals surface area contributed by atoms with E-state index in [9.17, 15) is 4.79 Å². The topological polar surface area (TPSA) is 40.5 Å². The minimum atomic E-state index is -0.839. The fourth-order valence-electron chi connectivity index (χ4n) is 2.82. The first kappa shape index (κ1) is 10.8. The van der Waals surface area contributed by atoms with Crippen LogP contribution in [0.15, 0.2) is 24.3 Å². The molecule has 2 aliphatic rings. The van der Waals surface area contributed by atoms with Gasteiger partial charge in [0.2, 0.25) is 0 Å². The van der Waals surface area contributed by atoms with Crippen LogP contribution >= 0.6 is 0 Å². The number of piperidine rings is 1. The zero-order valence-electron chi connectivity index (χ0n) is 9.80. The van der Waals surface area contributed by atoms with Crippen LogP contribution in [0.2, 0.25) is 0 Å². The highest BCUT2D eigenvalue weighted by Gasteiger charge is 2.44. The molecular formula is C14H17NO2. The minimum Gasteiger partial charge on any atom is -0.478 e. The van der Waals surface area contributed by atoms with Gasteiger partial charge in [0.05, 0.1) is 5.56 Å². The number of carbonyl (C=O) groups is 1. The third kappa shape index (κ3) is 2.34. The Morgan fingerprint density at radius 2 is 2.12 bits per heavy atom. The first-order valence-electron chi connectivity index (χ1n) is 6.27. The van der Waals surface area contributed by atoms with E-state index in [1.54, 1.807) is 12.1 Å². The first-order valence-corrected chi connectivity index (χ1v) is 6.27. The number of fused-ring (bicyclic) bond motifs is 1. The second kappa shape index (κ2) is 4.15. The lowest BCUT2D eigenvalue weighted by Crippen LogP contribution is -2.25. The molecule has 1 N–H and O–H groups in total. The lowest BCUT2D eigenvalue weighted by atomic mass is 10.1. The maximum atomic E-state index is 10.9. The Labute approximate surface area is 101 Å². The highest BCUT2D eigenvalue weighted by Crippen LogP contribution is 2.44. The molecule has 0 radical (unpaired) electrons. The molecule has 1 aromatic carbocycles. The van der Waals surface area contributed by atoms with Crippen molar-refractivity contribution >= 4 is 5.97 Å². The van der Waals surface area contributed by atoms with E-state index in [1.807, 2.05) is 12.1 Å². The number of carboxylic acids is 1. The van der Waals surface area contributed by atoms with Crippen LogP contribution in [0.5, 0.6) is 0 Å². The zero-order valence-corrected chi connectivity index (χ0v) is 9.80. The molecule has 1 saturated carbocycles. The molecule has 3 nitrogen and oxygen atoms in total. The largest absolute Gasteiger partial charge is 0.478 e. The lowest BCUT2D eigenvalue weighted by Gasteiger charge is -2.17. The molecule has 2 fully saturated rings. The second-order valence-electron chi connectivity index (χ2n) is 5.27. The first-order chi connectivity index (χ1) is 8.22. The van der Waals surface area contributed by atoms with Crippen LogP contribution in [0.1, 0.15) is 22.3 Å². The molecule has 0 aromatic heterocycles. The van der Waals surface area contributed by atoms with Gasteiger partial charge in [-0.3, -0.25) is 0 Å². The van der Waals surface area contributed by atoms with E-state index in [0.29, 0.717) is 5.56 Å². The van der Waals surface area contributed by atoms with Gasteiger partial charge in [-0.25, -0.2) is 4.79 Å². The van der Waals surface area contributed by atoms with Crippen molar-refractivity contribution in [3.8, 4) is 0 Å². The van der Waals surface area contributed by atoms with Crippen LogP contribution in [0.4, 0.5) is 0 Å². The number of likely N-dealkylation sites (tertiary alicyclic amines) is 1. The van der Waals surface area contributed by atoms with Gasteiger partial charge >= 0.3 is 5.97 Å². The van der Waals surface area contributed by atoms with Crippen molar-refractivity contribution in [2.75, 3.05) is 19.6 Å².